The zero-order valence-corrected chi connectivity index (χ0v) is 9.91. The highest BCUT2D eigenvalue weighted by Crippen LogP contribution is 2.32. The normalized spacial score (nSPS) is 12.9. The van der Waals surface area contributed by atoms with E-state index in [2.05, 4.69) is 22.1 Å². The van der Waals surface area contributed by atoms with Crippen LogP contribution in [0.5, 0.6) is 5.75 Å². The van der Waals surface area contributed by atoms with Crippen LogP contribution in [0, 0.1) is 11.8 Å². The molecule has 0 aliphatic carbocycles. The minimum absolute atomic E-state index is 0.309. The van der Waals surface area contributed by atoms with Crippen molar-refractivity contribution in [1.29, 1.82) is 0 Å². The van der Waals surface area contributed by atoms with E-state index in [1.54, 1.807) is 6.92 Å². The third kappa shape index (κ3) is 2.51. The van der Waals surface area contributed by atoms with Gasteiger partial charge in [-0.3, -0.25) is 4.79 Å². The Balaban J connectivity index is 2.20. The van der Waals surface area contributed by atoms with Gasteiger partial charge in [0.2, 0.25) is 0 Å². The van der Waals surface area contributed by atoms with Crippen molar-refractivity contribution in [2.75, 3.05) is 30.4 Å². The molecule has 1 amide bonds. The maximum Gasteiger partial charge on any atom is 0.300 e. The molecule has 88 valence electrons. The van der Waals surface area contributed by atoms with Crippen LogP contribution in [-0.2, 0) is 4.79 Å². The van der Waals surface area contributed by atoms with Crippen LogP contribution in [0.3, 0.4) is 0 Å². The molecule has 4 nitrogen and oxygen atoms in total. The van der Waals surface area contributed by atoms with Gasteiger partial charge in [-0.25, -0.2) is 0 Å². The van der Waals surface area contributed by atoms with Gasteiger partial charge in [0.15, 0.2) is 0 Å². The molecule has 0 aromatic heterocycles. The number of hydrogen-bond donors (Lipinski definition) is 1. The fraction of sp³-hybridized carbons (Fsp3) is 0.308. The summed E-state index contributed by atoms with van der Waals surface area (Å²) >= 11 is 0. The van der Waals surface area contributed by atoms with E-state index in [0.29, 0.717) is 12.3 Å². The van der Waals surface area contributed by atoms with E-state index in [1.807, 2.05) is 25.2 Å². The van der Waals surface area contributed by atoms with Gasteiger partial charge in [-0.1, -0.05) is 5.92 Å². The lowest BCUT2D eigenvalue weighted by atomic mass is 10.2. The Labute approximate surface area is 101 Å². The zero-order valence-electron chi connectivity index (χ0n) is 9.91. The topological polar surface area (TPSA) is 41.6 Å². The van der Waals surface area contributed by atoms with Gasteiger partial charge in [0, 0.05) is 18.8 Å². The van der Waals surface area contributed by atoms with Crippen LogP contribution in [0.4, 0.5) is 11.4 Å². The Morgan fingerprint density at radius 1 is 1.53 bits per heavy atom. The summed E-state index contributed by atoms with van der Waals surface area (Å²) in [6.45, 7) is 3.17. The molecule has 1 aromatic carbocycles. The quantitative estimate of drug-likeness (QED) is 0.743. The number of carbonyl (C=O) groups excluding carboxylic acids is 1. The lowest BCUT2D eigenvalue weighted by molar-refractivity contribution is -0.111. The molecule has 2 rings (SSSR count). The number of anilines is 2. The maximum atomic E-state index is 11.3. The second-order valence-corrected chi connectivity index (χ2v) is 3.78. The van der Waals surface area contributed by atoms with Crippen molar-refractivity contribution < 1.29 is 9.53 Å². The molecule has 0 saturated heterocycles. The Morgan fingerprint density at radius 3 is 3.12 bits per heavy atom. The second-order valence-electron chi connectivity index (χ2n) is 3.78. The summed E-state index contributed by atoms with van der Waals surface area (Å²) in [4.78, 5) is 13.4. The van der Waals surface area contributed by atoms with Crippen LogP contribution in [0.25, 0.3) is 0 Å². The van der Waals surface area contributed by atoms with Gasteiger partial charge in [-0.15, -0.1) is 0 Å². The summed E-state index contributed by atoms with van der Waals surface area (Å²) in [6, 6.07) is 5.60. The number of likely N-dealkylation sites (N-methyl/N-ethyl adjacent to an activating group) is 1. The van der Waals surface area contributed by atoms with Crippen LogP contribution in [-0.4, -0.2) is 26.1 Å². The lowest BCUT2D eigenvalue weighted by Crippen LogP contribution is -2.28. The van der Waals surface area contributed by atoms with Crippen LogP contribution >= 0.6 is 0 Å². The molecule has 1 aliphatic heterocycles. The number of benzene rings is 1. The van der Waals surface area contributed by atoms with Crippen molar-refractivity contribution in [1.82, 2.24) is 0 Å². The van der Waals surface area contributed by atoms with E-state index in [1.165, 1.54) is 0 Å². The standard InChI is InChI=1S/C13H14N2O2/c1-3-4-13(16)14-10-5-6-11-12(9-10)17-8-7-15(11)2/h5-6,9H,7-8H2,1-2H3,(H,14,16). The van der Waals surface area contributed by atoms with Crippen LogP contribution in [0.2, 0.25) is 0 Å². The summed E-state index contributed by atoms with van der Waals surface area (Å²) in [5.41, 5.74) is 1.74. The van der Waals surface area contributed by atoms with E-state index in [9.17, 15) is 4.79 Å². The van der Waals surface area contributed by atoms with E-state index in [-0.39, 0.29) is 5.91 Å². The number of carbonyl (C=O) groups is 1. The summed E-state index contributed by atoms with van der Waals surface area (Å²) in [6.07, 6.45) is 0. The summed E-state index contributed by atoms with van der Waals surface area (Å²) in [7, 11) is 2.02. The number of hydrogen-bond acceptors (Lipinski definition) is 3. The SMILES string of the molecule is CC#CC(=O)Nc1ccc2c(c1)OCCN2C. The fourth-order valence-electron chi connectivity index (χ4n) is 1.71. The molecule has 1 N–H and O–H groups in total. The van der Waals surface area contributed by atoms with Crippen molar-refractivity contribution in [2.45, 2.75) is 6.92 Å². The number of fused-ring (bicyclic) bond motifs is 1. The number of nitrogens with one attached hydrogen (secondary N) is 1. The molecule has 1 heterocycles. The molecule has 0 atom stereocenters. The van der Waals surface area contributed by atoms with E-state index in [0.717, 1.165) is 18.0 Å². The molecule has 1 aromatic rings. The van der Waals surface area contributed by atoms with Gasteiger partial charge in [-0.2, -0.15) is 0 Å². The van der Waals surface area contributed by atoms with Crippen LogP contribution in [0.15, 0.2) is 18.2 Å². The first-order chi connectivity index (χ1) is 8.20. The zero-order chi connectivity index (χ0) is 12.3. The smallest absolute Gasteiger partial charge is 0.300 e. The number of amides is 1. The highest BCUT2D eigenvalue weighted by atomic mass is 16.5. The average molecular weight is 230 g/mol. The Hall–Kier alpha value is -2.15. The van der Waals surface area contributed by atoms with Crippen molar-refractivity contribution in [2.24, 2.45) is 0 Å². The summed E-state index contributed by atoms with van der Waals surface area (Å²) in [5.74, 6) is 5.47. The number of rotatable bonds is 1. The van der Waals surface area contributed by atoms with Gasteiger partial charge < -0.3 is 15.0 Å². The van der Waals surface area contributed by atoms with Crippen molar-refractivity contribution in [3.8, 4) is 17.6 Å². The minimum Gasteiger partial charge on any atom is -0.489 e. The molecule has 0 radical (unpaired) electrons. The Morgan fingerprint density at radius 2 is 2.35 bits per heavy atom. The molecule has 1 aliphatic rings. The summed E-state index contributed by atoms with van der Waals surface area (Å²) < 4.78 is 5.55. The first-order valence-electron chi connectivity index (χ1n) is 5.42. The molecular formula is C13H14N2O2. The predicted octanol–water partition coefficient (Wildman–Crippen LogP) is 1.48. The molecular weight excluding hydrogens is 216 g/mol. The molecule has 17 heavy (non-hydrogen) atoms. The monoisotopic (exact) mass is 230 g/mol. The highest BCUT2D eigenvalue weighted by molar-refractivity contribution is 6.04. The minimum atomic E-state index is -0.309. The van der Waals surface area contributed by atoms with Gasteiger partial charge in [-0.05, 0) is 25.0 Å². The fourth-order valence-corrected chi connectivity index (χ4v) is 1.71. The number of nitrogens with zero attached hydrogens (tertiary/aromatic N) is 1. The Kier molecular flexibility index (Phi) is 3.20. The average Bonchev–Trinajstić information content (AvgIpc) is 2.29. The summed E-state index contributed by atoms with van der Waals surface area (Å²) in [5, 5.41) is 2.70. The first-order valence-corrected chi connectivity index (χ1v) is 5.42. The van der Waals surface area contributed by atoms with Crippen molar-refractivity contribution >= 4 is 17.3 Å². The molecule has 0 saturated carbocycles. The van der Waals surface area contributed by atoms with Crippen molar-refractivity contribution in [3.05, 3.63) is 18.2 Å². The molecule has 0 bridgehead atoms. The van der Waals surface area contributed by atoms with Crippen LogP contribution in [0.1, 0.15) is 6.92 Å². The molecule has 0 unspecified atom stereocenters. The van der Waals surface area contributed by atoms with E-state index in [4.69, 9.17) is 4.74 Å². The van der Waals surface area contributed by atoms with Crippen molar-refractivity contribution in [3.63, 3.8) is 0 Å². The second kappa shape index (κ2) is 4.79. The van der Waals surface area contributed by atoms with E-state index >= 15 is 0 Å². The first kappa shape index (κ1) is 11.3. The van der Waals surface area contributed by atoms with Gasteiger partial charge in [0.1, 0.15) is 12.4 Å². The van der Waals surface area contributed by atoms with Gasteiger partial charge in [0.25, 0.3) is 5.91 Å². The van der Waals surface area contributed by atoms with Crippen LogP contribution < -0.4 is 15.0 Å². The largest absolute Gasteiger partial charge is 0.489 e. The van der Waals surface area contributed by atoms with Gasteiger partial charge >= 0.3 is 0 Å². The van der Waals surface area contributed by atoms with Gasteiger partial charge in [0.05, 0.1) is 12.2 Å². The predicted molar refractivity (Wildman–Crippen MR) is 67.3 cm³/mol. The Bertz CT molecular complexity index is 500. The molecule has 0 fully saturated rings. The maximum absolute atomic E-state index is 11.3. The molecule has 0 spiro atoms. The molecule has 4 heteroatoms. The number of ether oxygens (including phenoxy) is 1. The van der Waals surface area contributed by atoms with E-state index < -0.39 is 0 Å². The highest BCUT2D eigenvalue weighted by Gasteiger charge is 2.15. The lowest BCUT2D eigenvalue weighted by Gasteiger charge is -2.27. The third-order valence-electron chi connectivity index (χ3n) is 2.55. The third-order valence-corrected chi connectivity index (χ3v) is 2.55.